The lowest BCUT2D eigenvalue weighted by Gasteiger charge is -2.41. The Morgan fingerprint density at radius 1 is 1.36 bits per heavy atom. The van der Waals surface area contributed by atoms with Gasteiger partial charge in [0.2, 0.25) is 5.69 Å². The smallest absolute Gasteiger partial charge is 0.362 e. The van der Waals surface area contributed by atoms with Crippen LogP contribution in [0.2, 0.25) is 0 Å². The maximum absolute atomic E-state index is 12.4. The molecule has 0 bridgehead atoms. The number of nitrogens with zero attached hydrogens (tertiary/aromatic N) is 2. The monoisotopic (exact) mass is 310 g/mol. The molecule has 4 atom stereocenters. The first-order chi connectivity index (χ1) is 10.6. The zero-order valence-electron chi connectivity index (χ0n) is 12.4. The number of methoxy groups -OCH3 is 1. The fraction of sp³-hybridized carbons (Fsp3) is 0.643. The summed E-state index contributed by atoms with van der Waals surface area (Å²) >= 11 is 0. The third kappa shape index (κ3) is 2.77. The molecule has 120 valence electrons. The maximum Gasteiger partial charge on any atom is 0.362 e. The van der Waals surface area contributed by atoms with E-state index in [9.17, 15) is 9.59 Å². The van der Waals surface area contributed by atoms with Gasteiger partial charge in [-0.1, -0.05) is 0 Å². The van der Waals surface area contributed by atoms with Crippen molar-refractivity contribution < 1.29 is 23.7 Å². The Kier molecular flexibility index (Phi) is 4.23. The Labute approximate surface area is 126 Å². The van der Waals surface area contributed by atoms with E-state index in [1.807, 2.05) is 6.92 Å². The first kappa shape index (κ1) is 15.1. The first-order valence-corrected chi connectivity index (χ1v) is 7.14. The molecule has 3 heterocycles. The van der Waals surface area contributed by atoms with E-state index in [0.29, 0.717) is 19.6 Å². The Balaban J connectivity index is 1.83. The summed E-state index contributed by atoms with van der Waals surface area (Å²) in [4.78, 5) is 27.7. The number of ether oxygens (including phenoxy) is 4. The van der Waals surface area contributed by atoms with E-state index >= 15 is 0 Å². The van der Waals surface area contributed by atoms with Gasteiger partial charge in [0.1, 0.15) is 6.10 Å². The predicted octanol–water partition coefficient (Wildman–Crippen LogP) is 0.121. The molecule has 8 heteroatoms. The standard InChI is InChI=1S/C14H18N2O6/c1-8-20-7-11-10(22-8)5-9(6-21-11)16-4-3-15-12(13(16)17)14(18)19-2/h3-4,8-11H,5-7H2,1-2H3/t8?,9?,10-,11+/m0/s1. The van der Waals surface area contributed by atoms with Crippen molar-refractivity contribution in [2.75, 3.05) is 20.3 Å². The van der Waals surface area contributed by atoms with Gasteiger partial charge in [-0.05, 0) is 13.3 Å². The molecule has 22 heavy (non-hydrogen) atoms. The van der Waals surface area contributed by atoms with Crippen molar-refractivity contribution >= 4 is 5.97 Å². The molecule has 0 saturated carbocycles. The highest BCUT2D eigenvalue weighted by Crippen LogP contribution is 2.29. The fourth-order valence-corrected chi connectivity index (χ4v) is 2.79. The molecule has 0 N–H and O–H groups in total. The predicted molar refractivity (Wildman–Crippen MR) is 73.5 cm³/mol. The lowest BCUT2D eigenvalue weighted by atomic mass is 10.0. The Morgan fingerprint density at radius 3 is 2.95 bits per heavy atom. The van der Waals surface area contributed by atoms with Gasteiger partial charge in [0, 0.05) is 12.4 Å². The van der Waals surface area contributed by atoms with E-state index < -0.39 is 11.5 Å². The number of esters is 1. The summed E-state index contributed by atoms with van der Waals surface area (Å²) in [6.45, 7) is 2.66. The second-order valence-electron chi connectivity index (χ2n) is 5.32. The average molecular weight is 310 g/mol. The minimum absolute atomic E-state index is 0.120. The number of carbonyl (C=O) groups is 1. The summed E-state index contributed by atoms with van der Waals surface area (Å²) in [6.07, 6.45) is 3.03. The van der Waals surface area contributed by atoms with Crippen LogP contribution in [-0.4, -0.2) is 54.3 Å². The van der Waals surface area contributed by atoms with Crippen molar-refractivity contribution in [1.29, 1.82) is 0 Å². The minimum Gasteiger partial charge on any atom is -0.464 e. The third-order valence-electron chi connectivity index (χ3n) is 3.92. The van der Waals surface area contributed by atoms with E-state index in [-0.39, 0.29) is 30.2 Å². The molecule has 0 radical (unpaired) electrons. The molecule has 2 aliphatic rings. The van der Waals surface area contributed by atoms with Gasteiger partial charge in [0.25, 0.3) is 5.56 Å². The molecule has 8 nitrogen and oxygen atoms in total. The number of fused-ring (bicyclic) bond motifs is 1. The first-order valence-electron chi connectivity index (χ1n) is 7.14. The molecule has 2 saturated heterocycles. The lowest BCUT2D eigenvalue weighted by molar-refractivity contribution is -0.272. The van der Waals surface area contributed by atoms with Gasteiger partial charge in [0.15, 0.2) is 6.29 Å². The third-order valence-corrected chi connectivity index (χ3v) is 3.92. The van der Waals surface area contributed by atoms with Gasteiger partial charge in [-0.3, -0.25) is 4.79 Å². The van der Waals surface area contributed by atoms with Crippen LogP contribution in [0.25, 0.3) is 0 Å². The summed E-state index contributed by atoms with van der Waals surface area (Å²) in [6, 6.07) is -0.217. The second kappa shape index (κ2) is 6.15. The van der Waals surface area contributed by atoms with Crippen molar-refractivity contribution in [3.05, 3.63) is 28.4 Å². The van der Waals surface area contributed by atoms with Crippen LogP contribution in [-0.2, 0) is 18.9 Å². The molecule has 0 spiro atoms. The van der Waals surface area contributed by atoms with Gasteiger partial charge in [0.05, 0.1) is 32.5 Å². The maximum atomic E-state index is 12.4. The van der Waals surface area contributed by atoms with Gasteiger partial charge < -0.3 is 23.5 Å². The molecule has 2 fully saturated rings. The second-order valence-corrected chi connectivity index (χ2v) is 5.32. The van der Waals surface area contributed by atoms with Crippen molar-refractivity contribution in [3.63, 3.8) is 0 Å². The SMILES string of the molecule is COC(=O)c1nccn(C2CO[C@@H]3COC(C)O[C@H]3C2)c1=O. The van der Waals surface area contributed by atoms with Crippen LogP contribution in [0.5, 0.6) is 0 Å². The molecule has 0 aliphatic carbocycles. The molecule has 2 aliphatic heterocycles. The molecule has 2 unspecified atom stereocenters. The quantitative estimate of drug-likeness (QED) is 0.717. The van der Waals surface area contributed by atoms with E-state index in [1.54, 1.807) is 6.20 Å². The van der Waals surface area contributed by atoms with Crippen LogP contribution >= 0.6 is 0 Å². The zero-order chi connectivity index (χ0) is 15.7. The molecular weight excluding hydrogens is 292 g/mol. The van der Waals surface area contributed by atoms with Crippen molar-refractivity contribution in [1.82, 2.24) is 9.55 Å². The molecular formula is C14H18N2O6. The van der Waals surface area contributed by atoms with Crippen LogP contribution in [0.3, 0.4) is 0 Å². The summed E-state index contributed by atoms with van der Waals surface area (Å²) in [5.41, 5.74) is -0.713. The van der Waals surface area contributed by atoms with Crippen molar-refractivity contribution in [2.24, 2.45) is 0 Å². The highest BCUT2D eigenvalue weighted by molar-refractivity contribution is 5.86. The molecule has 0 amide bonds. The number of aromatic nitrogens is 2. The summed E-state index contributed by atoms with van der Waals surface area (Å²) in [5.74, 6) is -0.745. The van der Waals surface area contributed by atoms with Crippen LogP contribution in [0.1, 0.15) is 29.9 Å². The molecule has 1 aromatic heterocycles. The van der Waals surface area contributed by atoms with Crippen molar-refractivity contribution in [3.8, 4) is 0 Å². The average Bonchev–Trinajstić information content (AvgIpc) is 2.53. The number of hydrogen-bond acceptors (Lipinski definition) is 7. The van der Waals surface area contributed by atoms with Gasteiger partial charge in [-0.2, -0.15) is 0 Å². The number of carbonyl (C=O) groups excluding carboxylic acids is 1. The largest absolute Gasteiger partial charge is 0.464 e. The molecule has 0 aromatic carbocycles. The van der Waals surface area contributed by atoms with Crippen LogP contribution in [0.4, 0.5) is 0 Å². The fourth-order valence-electron chi connectivity index (χ4n) is 2.79. The van der Waals surface area contributed by atoms with Gasteiger partial charge >= 0.3 is 5.97 Å². The summed E-state index contributed by atoms with van der Waals surface area (Å²) in [7, 11) is 1.21. The number of hydrogen-bond donors (Lipinski definition) is 0. The number of rotatable bonds is 2. The van der Waals surface area contributed by atoms with Crippen LogP contribution < -0.4 is 5.56 Å². The van der Waals surface area contributed by atoms with Crippen molar-refractivity contribution in [2.45, 2.75) is 37.9 Å². The zero-order valence-corrected chi connectivity index (χ0v) is 12.4. The lowest BCUT2D eigenvalue weighted by Crippen LogP contribution is -2.50. The highest BCUT2D eigenvalue weighted by atomic mass is 16.7. The Morgan fingerprint density at radius 2 is 2.18 bits per heavy atom. The summed E-state index contributed by atoms with van der Waals surface area (Å²) < 4.78 is 22.9. The normalized spacial score (nSPS) is 31.4. The van der Waals surface area contributed by atoms with E-state index in [2.05, 4.69) is 9.72 Å². The highest BCUT2D eigenvalue weighted by Gasteiger charge is 2.38. The van der Waals surface area contributed by atoms with E-state index in [0.717, 1.165) is 0 Å². The van der Waals surface area contributed by atoms with Crippen LogP contribution in [0.15, 0.2) is 17.2 Å². The van der Waals surface area contributed by atoms with E-state index in [4.69, 9.17) is 14.2 Å². The van der Waals surface area contributed by atoms with Gasteiger partial charge in [-0.15, -0.1) is 0 Å². The molecule has 1 aromatic rings. The topological polar surface area (TPSA) is 88.9 Å². The Hall–Kier alpha value is -1.77. The van der Waals surface area contributed by atoms with E-state index in [1.165, 1.54) is 17.9 Å². The molecule has 3 rings (SSSR count). The van der Waals surface area contributed by atoms with Gasteiger partial charge in [-0.25, -0.2) is 9.78 Å². The Bertz CT molecular complexity index is 616. The summed E-state index contributed by atoms with van der Waals surface area (Å²) in [5, 5.41) is 0. The van der Waals surface area contributed by atoms with Crippen LogP contribution in [0, 0.1) is 0 Å². The minimum atomic E-state index is -0.745.